The number of hydrogen-bond acceptors (Lipinski definition) is 5. The zero-order chi connectivity index (χ0) is 18.8. The van der Waals surface area contributed by atoms with Crippen molar-refractivity contribution in [3.63, 3.8) is 0 Å². The van der Waals surface area contributed by atoms with Crippen molar-refractivity contribution in [3.8, 4) is 5.75 Å². The summed E-state index contributed by atoms with van der Waals surface area (Å²) in [4.78, 5) is 14.0. The van der Waals surface area contributed by atoms with Gasteiger partial charge in [-0.15, -0.1) is 11.3 Å². The molecule has 1 N–H and O–H groups in total. The zero-order valence-corrected chi connectivity index (χ0v) is 16.7. The van der Waals surface area contributed by atoms with E-state index in [1.807, 2.05) is 11.4 Å². The first kappa shape index (κ1) is 18.8. The van der Waals surface area contributed by atoms with E-state index in [1.165, 1.54) is 6.42 Å². The number of ether oxygens (including phenoxy) is 1. The lowest BCUT2D eigenvalue weighted by Gasteiger charge is -2.26. The third-order valence-electron chi connectivity index (χ3n) is 5.96. The molecule has 1 saturated carbocycles. The summed E-state index contributed by atoms with van der Waals surface area (Å²) in [6.45, 7) is 2.91. The van der Waals surface area contributed by atoms with Gasteiger partial charge in [0, 0.05) is 29.4 Å². The van der Waals surface area contributed by atoms with E-state index in [0.717, 1.165) is 50.0 Å². The Morgan fingerprint density at radius 3 is 2.74 bits per heavy atom. The number of rotatable bonds is 7. The van der Waals surface area contributed by atoms with Crippen molar-refractivity contribution >= 4 is 11.3 Å². The van der Waals surface area contributed by atoms with E-state index in [4.69, 9.17) is 9.15 Å². The summed E-state index contributed by atoms with van der Waals surface area (Å²) in [5, 5.41) is 12.8. The molecule has 1 aliphatic carbocycles. The second-order valence-corrected chi connectivity index (χ2v) is 8.87. The van der Waals surface area contributed by atoms with Crippen molar-refractivity contribution < 1.29 is 14.3 Å². The lowest BCUT2D eigenvalue weighted by molar-refractivity contribution is 0.00542. The van der Waals surface area contributed by atoms with Gasteiger partial charge >= 0.3 is 5.63 Å². The minimum absolute atomic E-state index is 0.0444. The summed E-state index contributed by atoms with van der Waals surface area (Å²) in [6, 6.07) is 5.74. The molecule has 4 nitrogen and oxygen atoms in total. The minimum Gasteiger partial charge on any atom is -0.507 e. The smallest absolute Gasteiger partial charge is 0.343 e. The molecule has 0 radical (unpaired) electrons. The molecule has 27 heavy (non-hydrogen) atoms. The van der Waals surface area contributed by atoms with Gasteiger partial charge in [-0.25, -0.2) is 4.79 Å². The normalized spacial score (nSPS) is 22.5. The van der Waals surface area contributed by atoms with Crippen molar-refractivity contribution in [2.45, 2.75) is 69.8 Å². The second kappa shape index (κ2) is 8.19. The summed E-state index contributed by atoms with van der Waals surface area (Å²) >= 11 is 1.64. The van der Waals surface area contributed by atoms with Crippen LogP contribution in [0.2, 0.25) is 0 Å². The van der Waals surface area contributed by atoms with E-state index < -0.39 is 0 Å². The molecular formula is C22H28O4S. The first-order valence-electron chi connectivity index (χ1n) is 10.2. The molecule has 5 heteroatoms. The number of hydrogen-bond donors (Lipinski definition) is 1. The minimum atomic E-state index is -0.377. The van der Waals surface area contributed by atoms with Crippen molar-refractivity contribution in [1.29, 1.82) is 0 Å². The molecule has 1 saturated heterocycles. The third kappa shape index (κ3) is 4.14. The topological polar surface area (TPSA) is 59.7 Å². The fourth-order valence-electron chi connectivity index (χ4n) is 4.30. The van der Waals surface area contributed by atoms with Gasteiger partial charge in [0.05, 0.1) is 11.7 Å². The van der Waals surface area contributed by atoms with Crippen molar-refractivity contribution in [2.24, 2.45) is 5.92 Å². The van der Waals surface area contributed by atoms with Gasteiger partial charge in [0.25, 0.3) is 0 Å². The zero-order valence-electron chi connectivity index (χ0n) is 15.9. The first-order valence-corrected chi connectivity index (χ1v) is 11.1. The van der Waals surface area contributed by atoms with Gasteiger partial charge in [-0.2, -0.15) is 0 Å². The average Bonchev–Trinajstić information content (AvgIpc) is 3.36. The summed E-state index contributed by atoms with van der Waals surface area (Å²) in [5.74, 6) is 1.17. The maximum atomic E-state index is 12.9. The number of aromatic hydroxyl groups is 1. The van der Waals surface area contributed by atoms with Crippen LogP contribution in [0, 0.1) is 5.92 Å². The van der Waals surface area contributed by atoms with E-state index >= 15 is 0 Å². The van der Waals surface area contributed by atoms with E-state index in [-0.39, 0.29) is 29.3 Å². The van der Waals surface area contributed by atoms with E-state index in [9.17, 15) is 9.90 Å². The van der Waals surface area contributed by atoms with Gasteiger partial charge in [-0.3, -0.25) is 0 Å². The molecule has 3 unspecified atom stereocenters. The van der Waals surface area contributed by atoms with Gasteiger partial charge in [0.2, 0.25) is 0 Å². The third-order valence-corrected chi connectivity index (χ3v) is 6.91. The lowest BCUT2D eigenvalue weighted by Crippen LogP contribution is -2.22. The molecule has 3 heterocycles. The molecule has 2 aliphatic rings. The van der Waals surface area contributed by atoms with Crippen LogP contribution in [0.25, 0.3) is 0 Å². The molecule has 146 valence electrons. The molecule has 3 atom stereocenters. The van der Waals surface area contributed by atoms with Gasteiger partial charge < -0.3 is 14.3 Å². The predicted octanol–water partition coefficient (Wildman–Crippen LogP) is 5.40. The highest BCUT2D eigenvalue weighted by Gasteiger charge is 2.38. The molecule has 1 aliphatic heterocycles. The van der Waals surface area contributed by atoms with Gasteiger partial charge in [-0.1, -0.05) is 13.0 Å². The van der Waals surface area contributed by atoms with Crippen LogP contribution < -0.4 is 5.63 Å². The summed E-state index contributed by atoms with van der Waals surface area (Å²) < 4.78 is 11.6. The molecule has 0 aromatic carbocycles. The fourth-order valence-corrected chi connectivity index (χ4v) is 5.23. The maximum Gasteiger partial charge on any atom is 0.343 e. The van der Waals surface area contributed by atoms with Gasteiger partial charge in [-0.05, 0) is 62.3 Å². The van der Waals surface area contributed by atoms with Gasteiger partial charge in [0.15, 0.2) is 0 Å². The predicted molar refractivity (Wildman–Crippen MR) is 107 cm³/mol. The second-order valence-electron chi connectivity index (χ2n) is 7.90. The highest BCUT2D eigenvalue weighted by Crippen LogP contribution is 2.49. The Labute approximate surface area is 164 Å². The Morgan fingerprint density at radius 2 is 2.15 bits per heavy atom. The van der Waals surface area contributed by atoms with Crippen molar-refractivity contribution in [1.82, 2.24) is 0 Å². The monoisotopic (exact) mass is 388 g/mol. The molecule has 0 amide bonds. The van der Waals surface area contributed by atoms with Gasteiger partial charge in [0.1, 0.15) is 11.5 Å². The van der Waals surface area contributed by atoms with Crippen molar-refractivity contribution in [2.75, 3.05) is 6.61 Å². The summed E-state index contributed by atoms with van der Waals surface area (Å²) in [6.07, 6.45) is 7.50. The SMILES string of the molecule is CCC(CC1CCCCO1)c1cc(O)c(C(c2cccs2)C2CC2)c(=O)o1. The fraction of sp³-hybridized carbons (Fsp3) is 0.591. The van der Waals surface area contributed by atoms with Crippen LogP contribution >= 0.6 is 11.3 Å². The van der Waals surface area contributed by atoms with E-state index in [0.29, 0.717) is 17.2 Å². The quantitative estimate of drug-likeness (QED) is 0.690. The first-order chi connectivity index (χ1) is 13.2. The average molecular weight is 389 g/mol. The van der Waals surface area contributed by atoms with Crippen LogP contribution in [-0.2, 0) is 4.74 Å². The molecule has 2 fully saturated rings. The molecule has 2 aromatic rings. The summed E-state index contributed by atoms with van der Waals surface area (Å²) in [5.41, 5.74) is 0.0609. The Hall–Kier alpha value is -1.59. The van der Waals surface area contributed by atoms with Crippen molar-refractivity contribution in [3.05, 3.63) is 50.2 Å². The molecule has 0 spiro atoms. The lowest BCUT2D eigenvalue weighted by atomic mass is 9.90. The maximum absolute atomic E-state index is 12.9. The largest absolute Gasteiger partial charge is 0.507 e. The Bertz CT molecular complexity index is 800. The van der Waals surface area contributed by atoms with Crippen LogP contribution in [0.15, 0.2) is 32.8 Å². The highest BCUT2D eigenvalue weighted by molar-refractivity contribution is 7.10. The molecule has 4 rings (SSSR count). The van der Waals surface area contributed by atoms with E-state index in [2.05, 4.69) is 13.0 Å². The van der Waals surface area contributed by atoms with Crippen LogP contribution in [-0.4, -0.2) is 17.8 Å². The molecule has 0 bridgehead atoms. The molecule has 2 aromatic heterocycles. The molecular weight excluding hydrogens is 360 g/mol. The van der Waals surface area contributed by atoms with Crippen LogP contribution in [0.3, 0.4) is 0 Å². The highest BCUT2D eigenvalue weighted by atomic mass is 32.1. The number of thiophene rings is 1. The van der Waals surface area contributed by atoms with Crippen LogP contribution in [0.4, 0.5) is 0 Å². The Morgan fingerprint density at radius 1 is 1.30 bits per heavy atom. The Kier molecular flexibility index (Phi) is 5.69. The Balaban J connectivity index is 1.61. The van der Waals surface area contributed by atoms with Crippen LogP contribution in [0.5, 0.6) is 5.75 Å². The standard InChI is InChI=1S/C22H28O4S/c1-2-14(12-16-6-3-4-10-25-16)18-13-17(23)21(22(24)26-18)20(15-8-9-15)19-7-5-11-27-19/h5,7,11,13-16,20,23H,2-4,6,8-10,12H2,1H3. The van der Waals surface area contributed by atoms with Crippen LogP contribution in [0.1, 0.15) is 79.9 Å². The summed E-state index contributed by atoms with van der Waals surface area (Å²) in [7, 11) is 0. The van der Waals surface area contributed by atoms with E-state index in [1.54, 1.807) is 17.4 Å².